The van der Waals surface area contributed by atoms with E-state index in [-0.39, 0.29) is 18.9 Å². The number of hydroxylamine groups is 2. The summed E-state index contributed by atoms with van der Waals surface area (Å²) in [4.78, 5) is 16.2. The first-order chi connectivity index (χ1) is 6.22. The van der Waals surface area contributed by atoms with Crippen LogP contribution in [0.25, 0.3) is 0 Å². The first kappa shape index (κ1) is 12.4. The largest absolute Gasteiger partial charge is 0.396 e. The molecule has 0 heterocycles. The second-order valence-corrected chi connectivity index (χ2v) is 2.91. The van der Waals surface area contributed by atoms with Crippen LogP contribution in [-0.4, -0.2) is 36.3 Å². The Balaban J connectivity index is 3.38. The van der Waals surface area contributed by atoms with Crippen molar-refractivity contribution in [2.45, 2.75) is 32.6 Å². The van der Waals surface area contributed by atoms with E-state index < -0.39 is 0 Å². The van der Waals surface area contributed by atoms with Crippen molar-refractivity contribution in [2.75, 3.05) is 20.3 Å². The molecule has 0 aliphatic carbocycles. The molecule has 0 unspecified atom stereocenters. The number of aliphatic hydroxyl groups excluding tert-OH is 1. The molecule has 0 rings (SSSR count). The molecule has 0 saturated carbocycles. The third-order valence-electron chi connectivity index (χ3n) is 1.71. The molecule has 4 nitrogen and oxygen atoms in total. The van der Waals surface area contributed by atoms with Gasteiger partial charge in [-0.15, -0.1) is 0 Å². The normalized spacial score (nSPS) is 10.1. The molecule has 0 saturated heterocycles. The predicted molar refractivity (Wildman–Crippen MR) is 49.9 cm³/mol. The summed E-state index contributed by atoms with van der Waals surface area (Å²) in [5, 5.41) is 9.69. The quantitative estimate of drug-likeness (QED) is 0.479. The van der Waals surface area contributed by atoms with E-state index in [1.165, 1.54) is 5.06 Å². The maximum absolute atomic E-state index is 11.0. The van der Waals surface area contributed by atoms with Crippen LogP contribution in [0.1, 0.15) is 32.6 Å². The standard InChI is InChI=1S/C9H19NO3/c1-3-4-5-8-13-10(2)9(12)6-7-11/h11H,3-8H2,1-2H3. The van der Waals surface area contributed by atoms with Gasteiger partial charge < -0.3 is 5.11 Å². The molecule has 0 aliphatic heterocycles. The van der Waals surface area contributed by atoms with Crippen LogP contribution < -0.4 is 0 Å². The Morgan fingerprint density at radius 3 is 2.69 bits per heavy atom. The van der Waals surface area contributed by atoms with Gasteiger partial charge in [-0.25, -0.2) is 5.06 Å². The van der Waals surface area contributed by atoms with E-state index >= 15 is 0 Å². The lowest BCUT2D eigenvalue weighted by atomic mass is 10.3. The highest BCUT2D eigenvalue weighted by Crippen LogP contribution is 1.97. The molecule has 0 aromatic rings. The molecule has 0 fully saturated rings. The zero-order chi connectivity index (χ0) is 10.1. The molecule has 0 radical (unpaired) electrons. The monoisotopic (exact) mass is 189 g/mol. The van der Waals surface area contributed by atoms with Crippen LogP contribution in [-0.2, 0) is 9.63 Å². The molecule has 0 aliphatic rings. The number of unbranched alkanes of at least 4 members (excludes halogenated alkanes) is 2. The molecule has 0 bridgehead atoms. The Bertz CT molecular complexity index is 139. The Labute approximate surface area is 79.4 Å². The lowest BCUT2D eigenvalue weighted by Gasteiger charge is -2.15. The van der Waals surface area contributed by atoms with Crippen molar-refractivity contribution in [1.29, 1.82) is 0 Å². The fourth-order valence-electron chi connectivity index (χ4n) is 0.879. The van der Waals surface area contributed by atoms with Crippen molar-refractivity contribution in [1.82, 2.24) is 5.06 Å². The van der Waals surface area contributed by atoms with Crippen molar-refractivity contribution in [2.24, 2.45) is 0 Å². The van der Waals surface area contributed by atoms with Gasteiger partial charge in [0.25, 0.3) is 0 Å². The van der Waals surface area contributed by atoms with Crippen LogP contribution in [0.4, 0.5) is 0 Å². The van der Waals surface area contributed by atoms with Gasteiger partial charge in [-0.05, 0) is 6.42 Å². The topological polar surface area (TPSA) is 49.8 Å². The Hall–Kier alpha value is -0.610. The first-order valence-corrected chi connectivity index (χ1v) is 4.72. The van der Waals surface area contributed by atoms with Gasteiger partial charge in [0.15, 0.2) is 0 Å². The van der Waals surface area contributed by atoms with E-state index in [0.29, 0.717) is 6.61 Å². The average molecular weight is 189 g/mol. The van der Waals surface area contributed by atoms with Gasteiger partial charge in [0.05, 0.1) is 19.6 Å². The number of hydrogen-bond donors (Lipinski definition) is 1. The first-order valence-electron chi connectivity index (χ1n) is 4.72. The molecule has 0 aromatic carbocycles. The maximum Gasteiger partial charge on any atom is 0.248 e. The van der Waals surface area contributed by atoms with Crippen LogP contribution in [0.15, 0.2) is 0 Å². The van der Waals surface area contributed by atoms with Crippen LogP contribution in [0.2, 0.25) is 0 Å². The third-order valence-corrected chi connectivity index (χ3v) is 1.71. The highest BCUT2D eigenvalue weighted by Gasteiger charge is 2.07. The minimum Gasteiger partial charge on any atom is -0.396 e. The molecule has 78 valence electrons. The van der Waals surface area contributed by atoms with Gasteiger partial charge in [-0.1, -0.05) is 19.8 Å². The predicted octanol–water partition coefficient (Wildman–Crippen LogP) is 0.949. The van der Waals surface area contributed by atoms with E-state index in [1.807, 2.05) is 0 Å². The Kier molecular flexibility index (Phi) is 7.63. The summed E-state index contributed by atoms with van der Waals surface area (Å²) in [6.45, 7) is 2.56. The van der Waals surface area contributed by atoms with Crippen LogP contribution in [0.5, 0.6) is 0 Å². The van der Waals surface area contributed by atoms with Crippen molar-refractivity contribution < 1.29 is 14.7 Å². The number of nitrogens with zero attached hydrogens (tertiary/aromatic N) is 1. The SMILES string of the molecule is CCCCCON(C)C(=O)CCO. The van der Waals surface area contributed by atoms with Crippen LogP contribution >= 0.6 is 0 Å². The third kappa shape index (κ3) is 6.54. The van der Waals surface area contributed by atoms with Gasteiger partial charge in [0.2, 0.25) is 5.91 Å². The fraction of sp³-hybridized carbons (Fsp3) is 0.889. The van der Waals surface area contributed by atoms with Crippen LogP contribution in [0.3, 0.4) is 0 Å². The number of hydrogen-bond acceptors (Lipinski definition) is 3. The van der Waals surface area contributed by atoms with Gasteiger partial charge in [-0.3, -0.25) is 9.63 Å². The fourth-order valence-corrected chi connectivity index (χ4v) is 0.879. The zero-order valence-corrected chi connectivity index (χ0v) is 8.45. The molecule has 13 heavy (non-hydrogen) atoms. The van der Waals surface area contributed by atoms with E-state index in [4.69, 9.17) is 9.94 Å². The molecule has 1 N–H and O–H groups in total. The van der Waals surface area contributed by atoms with Crippen molar-refractivity contribution in [3.63, 3.8) is 0 Å². The maximum atomic E-state index is 11.0. The summed E-state index contributed by atoms with van der Waals surface area (Å²) < 4.78 is 0. The van der Waals surface area contributed by atoms with Crippen molar-refractivity contribution in [3.8, 4) is 0 Å². The minimum atomic E-state index is -0.181. The van der Waals surface area contributed by atoms with Crippen molar-refractivity contribution >= 4 is 5.91 Å². The summed E-state index contributed by atoms with van der Waals surface area (Å²) in [5.41, 5.74) is 0. The molecular formula is C9H19NO3. The second-order valence-electron chi connectivity index (χ2n) is 2.91. The second kappa shape index (κ2) is 8.01. The summed E-state index contributed by atoms with van der Waals surface area (Å²) in [5.74, 6) is -0.181. The zero-order valence-electron chi connectivity index (χ0n) is 8.45. The average Bonchev–Trinajstić information content (AvgIpc) is 2.12. The molecule has 0 atom stereocenters. The lowest BCUT2D eigenvalue weighted by Crippen LogP contribution is -2.27. The molecular weight excluding hydrogens is 170 g/mol. The lowest BCUT2D eigenvalue weighted by molar-refractivity contribution is -0.179. The summed E-state index contributed by atoms with van der Waals surface area (Å²) in [6, 6.07) is 0. The highest BCUT2D eigenvalue weighted by atomic mass is 16.7. The Morgan fingerprint density at radius 2 is 2.15 bits per heavy atom. The number of carbonyl (C=O) groups is 1. The number of amides is 1. The molecule has 4 heteroatoms. The Morgan fingerprint density at radius 1 is 1.46 bits per heavy atom. The van der Waals surface area contributed by atoms with Gasteiger partial charge in [0, 0.05) is 7.05 Å². The van der Waals surface area contributed by atoms with Gasteiger partial charge in [0.1, 0.15) is 0 Å². The van der Waals surface area contributed by atoms with E-state index in [1.54, 1.807) is 7.05 Å². The van der Waals surface area contributed by atoms with E-state index in [0.717, 1.165) is 19.3 Å². The van der Waals surface area contributed by atoms with Crippen molar-refractivity contribution in [3.05, 3.63) is 0 Å². The summed E-state index contributed by atoms with van der Waals surface area (Å²) in [7, 11) is 1.57. The highest BCUT2D eigenvalue weighted by molar-refractivity contribution is 5.74. The van der Waals surface area contributed by atoms with E-state index in [2.05, 4.69) is 6.92 Å². The van der Waals surface area contributed by atoms with Gasteiger partial charge in [-0.2, -0.15) is 0 Å². The summed E-state index contributed by atoms with van der Waals surface area (Å²) in [6.07, 6.45) is 3.34. The summed E-state index contributed by atoms with van der Waals surface area (Å²) >= 11 is 0. The van der Waals surface area contributed by atoms with Crippen LogP contribution in [0, 0.1) is 0 Å². The number of carbonyl (C=O) groups excluding carboxylic acids is 1. The number of rotatable bonds is 7. The number of aliphatic hydroxyl groups is 1. The minimum absolute atomic E-state index is 0.124. The molecule has 0 aromatic heterocycles. The smallest absolute Gasteiger partial charge is 0.248 e. The molecule has 1 amide bonds. The van der Waals surface area contributed by atoms with E-state index in [9.17, 15) is 4.79 Å². The molecule has 0 spiro atoms. The van der Waals surface area contributed by atoms with Gasteiger partial charge >= 0.3 is 0 Å².